The molecular weight excluding hydrogens is 245 g/mol. The van der Waals surface area contributed by atoms with Crippen molar-refractivity contribution in [3.05, 3.63) is 34.6 Å². The molecule has 1 aliphatic rings. The zero-order chi connectivity index (χ0) is 12.3. The van der Waals surface area contributed by atoms with Gasteiger partial charge in [0, 0.05) is 11.1 Å². The van der Waals surface area contributed by atoms with E-state index in [-0.39, 0.29) is 18.0 Å². The molecule has 2 rings (SSSR count). The van der Waals surface area contributed by atoms with Gasteiger partial charge in [-0.3, -0.25) is 0 Å². The minimum Gasteiger partial charge on any atom is -0.376 e. The lowest BCUT2D eigenvalue weighted by Crippen LogP contribution is -2.45. The predicted molar refractivity (Wildman–Crippen MR) is 63.6 cm³/mol. The Balaban J connectivity index is 1.99. The fraction of sp³-hybridized carbons (Fsp3) is 0.500. The molecule has 0 saturated carbocycles. The van der Waals surface area contributed by atoms with E-state index in [1.807, 2.05) is 0 Å². The molecule has 1 fully saturated rings. The predicted octanol–water partition coefficient (Wildman–Crippen LogP) is 1.76. The van der Waals surface area contributed by atoms with Crippen LogP contribution in [0.5, 0.6) is 0 Å². The molecule has 1 aliphatic heterocycles. The lowest BCUT2D eigenvalue weighted by atomic mass is 10.0. The van der Waals surface area contributed by atoms with Crippen molar-refractivity contribution in [2.75, 3.05) is 19.8 Å². The molecule has 2 atom stereocenters. The van der Waals surface area contributed by atoms with Gasteiger partial charge in [-0.25, -0.2) is 4.39 Å². The molecule has 17 heavy (non-hydrogen) atoms. The quantitative estimate of drug-likeness (QED) is 0.900. The highest BCUT2D eigenvalue weighted by Gasteiger charge is 2.23. The van der Waals surface area contributed by atoms with E-state index in [1.54, 1.807) is 12.1 Å². The Kier molecular flexibility index (Phi) is 4.34. The first-order valence-corrected chi connectivity index (χ1v) is 5.93. The van der Waals surface area contributed by atoms with Crippen molar-refractivity contribution < 1.29 is 13.9 Å². The number of hydrogen-bond acceptors (Lipinski definition) is 3. The number of hydrogen-bond donors (Lipinski definition) is 1. The van der Waals surface area contributed by atoms with E-state index in [0.717, 1.165) is 0 Å². The summed E-state index contributed by atoms with van der Waals surface area (Å²) in [6.45, 7) is 1.61. The summed E-state index contributed by atoms with van der Waals surface area (Å²) in [5.74, 6) is -0.329. The van der Waals surface area contributed by atoms with Gasteiger partial charge in [0.15, 0.2) is 0 Å². The van der Waals surface area contributed by atoms with E-state index in [4.69, 9.17) is 26.8 Å². The topological polar surface area (TPSA) is 44.5 Å². The van der Waals surface area contributed by atoms with Crippen molar-refractivity contribution >= 4 is 11.6 Å². The first kappa shape index (κ1) is 12.8. The largest absolute Gasteiger partial charge is 0.376 e. The third-order valence-corrected chi connectivity index (χ3v) is 3.03. The summed E-state index contributed by atoms with van der Waals surface area (Å²) >= 11 is 5.69. The third kappa shape index (κ3) is 3.39. The van der Waals surface area contributed by atoms with Crippen LogP contribution in [0.4, 0.5) is 4.39 Å². The smallest absolute Gasteiger partial charge is 0.127 e. The van der Waals surface area contributed by atoms with E-state index < -0.39 is 0 Å². The van der Waals surface area contributed by atoms with Gasteiger partial charge in [0.2, 0.25) is 0 Å². The van der Waals surface area contributed by atoms with Gasteiger partial charge in [-0.05, 0) is 24.1 Å². The molecule has 1 aromatic rings. The molecular formula is C12H15ClFNO2. The van der Waals surface area contributed by atoms with Gasteiger partial charge in [0.05, 0.1) is 25.9 Å². The summed E-state index contributed by atoms with van der Waals surface area (Å²) in [7, 11) is 0. The summed E-state index contributed by atoms with van der Waals surface area (Å²) in [5, 5.41) is 0.386. The number of rotatable bonds is 3. The summed E-state index contributed by atoms with van der Waals surface area (Å²) in [6.07, 6.45) is 0.246. The van der Waals surface area contributed by atoms with Gasteiger partial charge in [0.1, 0.15) is 5.82 Å². The highest BCUT2D eigenvalue weighted by Crippen LogP contribution is 2.17. The van der Waals surface area contributed by atoms with Crippen molar-refractivity contribution in [1.82, 2.24) is 0 Å². The molecule has 0 aromatic heterocycles. The third-order valence-electron chi connectivity index (χ3n) is 2.79. The van der Waals surface area contributed by atoms with Crippen molar-refractivity contribution in [2.45, 2.75) is 18.6 Å². The van der Waals surface area contributed by atoms with Crippen LogP contribution < -0.4 is 5.73 Å². The van der Waals surface area contributed by atoms with Crippen LogP contribution in [0.2, 0.25) is 5.02 Å². The van der Waals surface area contributed by atoms with Gasteiger partial charge >= 0.3 is 0 Å². The Morgan fingerprint density at radius 1 is 1.47 bits per heavy atom. The average molecular weight is 260 g/mol. The molecule has 0 spiro atoms. The number of nitrogens with two attached hydrogens (primary N) is 1. The fourth-order valence-electron chi connectivity index (χ4n) is 1.83. The first-order valence-electron chi connectivity index (χ1n) is 5.55. The zero-order valence-electron chi connectivity index (χ0n) is 9.36. The van der Waals surface area contributed by atoms with Crippen molar-refractivity contribution in [2.24, 2.45) is 5.73 Å². The van der Waals surface area contributed by atoms with Crippen molar-refractivity contribution in [3.63, 3.8) is 0 Å². The van der Waals surface area contributed by atoms with Crippen LogP contribution in [0.3, 0.4) is 0 Å². The maximum atomic E-state index is 13.6. The van der Waals surface area contributed by atoms with Crippen LogP contribution in [-0.4, -0.2) is 32.0 Å². The summed E-state index contributed by atoms with van der Waals surface area (Å²) in [4.78, 5) is 0. The average Bonchev–Trinajstić information content (AvgIpc) is 2.34. The highest BCUT2D eigenvalue weighted by molar-refractivity contribution is 6.30. The molecule has 0 bridgehead atoms. The second-order valence-electron chi connectivity index (χ2n) is 4.09. The highest BCUT2D eigenvalue weighted by atomic mass is 35.5. The molecule has 5 heteroatoms. The summed E-state index contributed by atoms with van der Waals surface area (Å²) in [5.41, 5.74) is 6.53. The molecule has 3 nitrogen and oxygen atoms in total. The van der Waals surface area contributed by atoms with Gasteiger partial charge in [-0.1, -0.05) is 17.7 Å². The molecule has 2 unspecified atom stereocenters. The van der Waals surface area contributed by atoms with Crippen LogP contribution in [0.1, 0.15) is 5.56 Å². The molecule has 2 N–H and O–H groups in total. The Bertz CT molecular complexity index is 383. The van der Waals surface area contributed by atoms with Crippen LogP contribution >= 0.6 is 11.6 Å². The molecule has 0 amide bonds. The lowest BCUT2D eigenvalue weighted by molar-refractivity contribution is -0.0968. The number of ether oxygens (including phenoxy) is 2. The molecule has 94 valence electrons. The molecule has 1 aromatic carbocycles. The van der Waals surface area contributed by atoms with E-state index >= 15 is 0 Å². The van der Waals surface area contributed by atoms with Crippen LogP contribution in [0.15, 0.2) is 18.2 Å². The Labute approximate surface area is 105 Å². The SMILES string of the molecule is NC(Cc1ccc(Cl)cc1F)C1COCCO1. The van der Waals surface area contributed by atoms with E-state index in [9.17, 15) is 4.39 Å². The van der Waals surface area contributed by atoms with Gasteiger partial charge in [-0.15, -0.1) is 0 Å². The number of halogens is 2. The maximum absolute atomic E-state index is 13.6. The lowest BCUT2D eigenvalue weighted by Gasteiger charge is -2.28. The minimum absolute atomic E-state index is 0.168. The maximum Gasteiger partial charge on any atom is 0.127 e. The Morgan fingerprint density at radius 2 is 2.29 bits per heavy atom. The second kappa shape index (κ2) is 5.78. The minimum atomic E-state index is -0.329. The fourth-order valence-corrected chi connectivity index (χ4v) is 1.98. The van der Waals surface area contributed by atoms with Gasteiger partial charge in [-0.2, -0.15) is 0 Å². The normalized spacial score (nSPS) is 22.4. The van der Waals surface area contributed by atoms with E-state index in [2.05, 4.69) is 0 Å². The van der Waals surface area contributed by atoms with E-state index in [0.29, 0.717) is 36.8 Å². The zero-order valence-corrected chi connectivity index (χ0v) is 10.1. The Hall–Kier alpha value is -0.680. The van der Waals surface area contributed by atoms with E-state index in [1.165, 1.54) is 6.07 Å². The van der Waals surface area contributed by atoms with Crippen LogP contribution in [-0.2, 0) is 15.9 Å². The van der Waals surface area contributed by atoms with Gasteiger partial charge in [0.25, 0.3) is 0 Å². The molecule has 0 aliphatic carbocycles. The van der Waals surface area contributed by atoms with Gasteiger partial charge < -0.3 is 15.2 Å². The molecule has 1 saturated heterocycles. The Morgan fingerprint density at radius 3 is 2.94 bits per heavy atom. The molecule has 0 radical (unpaired) electrons. The molecule has 1 heterocycles. The first-order chi connectivity index (χ1) is 8.16. The van der Waals surface area contributed by atoms with Crippen LogP contribution in [0, 0.1) is 5.82 Å². The standard InChI is InChI=1S/C12H15ClFNO2/c13-9-2-1-8(10(14)6-9)5-11(15)12-7-16-3-4-17-12/h1-2,6,11-12H,3-5,7,15H2. The van der Waals surface area contributed by atoms with Crippen molar-refractivity contribution in [3.8, 4) is 0 Å². The summed E-state index contributed by atoms with van der Waals surface area (Å²) in [6, 6.07) is 4.33. The number of benzene rings is 1. The monoisotopic (exact) mass is 259 g/mol. The summed E-state index contributed by atoms with van der Waals surface area (Å²) < 4.78 is 24.3. The second-order valence-corrected chi connectivity index (χ2v) is 4.52. The van der Waals surface area contributed by atoms with Crippen LogP contribution in [0.25, 0.3) is 0 Å². The van der Waals surface area contributed by atoms with Crippen molar-refractivity contribution in [1.29, 1.82) is 0 Å².